The van der Waals surface area contributed by atoms with E-state index in [9.17, 15) is 5.11 Å². The molecule has 0 amide bonds. The van der Waals surface area contributed by atoms with Crippen molar-refractivity contribution >= 4 is 0 Å². The Bertz CT molecular complexity index is 550. The first-order valence-electron chi connectivity index (χ1n) is 5.30. The maximum atomic E-state index is 10.2. The molecule has 0 radical (unpaired) electrons. The van der Waals surface area contributed by atoms with Crippen LogP contribution in [-0.4, -0.2) is 21.7 Å². The molecule has 0 fully saturated rings. The minimum absolute atomic E-state index is 0.238. The van der Waals surface area contributed by atoms with Crippen molar-refractivity contribution in [3.05, 3.63) is 41.7 Å². The summed E-state index contributed by atoms with van der Waals surface area (Å²) < 4.78 is 12.2. The predicted molar refractivity (Wildman–Crippen MR) is 59.8 cm³/mol. The van der Waals surface area contributed by atoms with Gasteiger partial charge in [0.15, 0.2) is 11.5 Å². The third kappa shape index (κ3) is 1.74. The van der Waals surface area contributed by atoms with Gasteiger partial charge in [0.05, 0.1) is 6.20 Å². The van der Waals surface area contributed by atoms with Gasteiger partial charge in [-0.3, -0.25) is 4.68 Å². The number of nitrogens with zero attached hydrogens (tertiary/aromatic N) is 2. The fraction of sp³-hybridized carbons (Fsp3) is 0.250. The lowest BCUT2D eigenvalue weighted by atomic mass is 10.0. The van der Waals surface area contributed by atoms with Gasteiger partial charge in [0.2, 0.25) is 6.79 Å². The molecule has 0 saturated heterocycles. The number of rotatable bonds is 2. The van der Waals surface area contributed by atoms with Gasteiger partial charge >= 0.3 is 0 Å². The summed E-state index contributed by atoms with van der Waals surface area (Å²) in [5.74, 6) is 1.39. The molecule has 2 aromatic rings. The highest BCUT2D eigenvalue weighted by Gasteiger charge is 2.18. The van der Waals surface area contributed by atoms with Crippen LogP contribution in [0.1, 0.15) is 17.2 Å². The van der Waals surface area contributed by atoms with Gasteiger partial charge in [-0.15, -0.1) is 0 Å². The lowest BCUT2D eigenvalue weighted by Crippen LogP contribution is -1.98. The van der Waals surface area contributed by atoms with E-state index in [1.807, 2.05) is 13.1 Å². The number of aromatic nitrogens is 2. The molecule has 1 aromatic carbocycles. The van der Waals surface area contributed by atoms with E-state index in [4.69, 9.17) is 9.47 Å². The summed E-state index contributed by atoms with van der Waals surface area (Å²) in [5, 5.41) is 14.2. The standard InChI is InChI=1S/C12H12N2O3/c1-14-6-9(5-13-14)12(15)8-2-3-10-11(4-8)17-7-16-10/h2-6,12,15H,7H2,1H3. The number of fused-ring (bicyclic) bond motifs is 1. The molecule has 1 aliphatic heterocycles. The summed E-state index contributed by atoms with van der Waals surface area (Å²) in [5.41, 5.74) is 1.52. The van der Waals surface area contributed by atoms with Crippen LogP contribution in [0, 0.1) is 0 Å². The van der Waals surface area contributed by atoms with Gasteiger partial charge < -0.3 is 14.6 Å². The predicted octanol–water partition coefficient (Wildman–Crippen LogP) is 1.23. The maximum Gasteiger partial charge on any atom is 0.231 e. The van der Waals surface area contributed by atoms with Crippen LogP contribution in [0.15, 0.2) is 30.6 Å². The van der Waals surface area contributed by atoms with Crippen molar-refractivity contribution in [2.24, 2.45) is 7.05 Å². The molecule has 3 rings (SSSR count). The number of benzene rings is 1. The highest BCUT2D eigenvalue weighted by atomic mass is 16.7. The highest BCUT2D eigenvalue weighted by molar-refractivity contribution is 5.46. The van der Waals surface area contributed by atoms with Crippen LogP contribution >= 0.6 is 0 Å². The highest BCUT2D eigenvalue weighted by Crippen LogP contribution is 2.35. The Morgan fingerprint density at radius 1 is 1.29 bits per heavy atom. The number of hydrogen-bond acceptors (Lipinski definition) is 4. The number of aliphatic hydroxyl groups excluding tert-OH is 1. The Morgan fingerprint density at radius 3 is 2.88 bits per heavy atom. The Morgan fingerprint density at radius 2 is 2.12 bits per heavy atom. The molecule has 1 aliphatic rings. The molecule has 1 unspecified atom stereocenters. The molecule has 1 atom stereocenters. The number of aryl methyl sites for hydroxylation is 1. The van der Waals surface area contributed by atoms with E-state index in [0.717, 1.165) is 11.1 Å². The second kappa shape index (κ2) is 3.78. The molecular formula is C12H12N2O3. The van der Waals surface area contributed by atoms with Crippen molar-refractivity contribution in [1.82, 2.24) is 9.78 Å². The first kappa shape index (κ1) is 10.2. The van der Waals surface area contributed by atoms with Crippen LogP contribution < -0.4 is 9.47 Å². The quantitative estimate of drug-likeness (QED) is 0.846. The van der Waals surface area contributed by atoms with Crippen molar-refractivity contribution in [3.63, 3.8) is 0 Å². The first-order valence-corrected chi connectivity index (χ1v) is 5.30. The Hall–Kier alpha value is -2.01. The molecule has 0 spiro atoms. The van der Waals surface area contributed by atoms with Crippen molar-refractivity contribution in [2.75, 3.05) is 6.79 Å². The number of aliphatic hydroxyl groups is 1. The van der Waals surface area contributed by atoms with Crippen molar-refractivity contribution in [2.45, 2.75) is 6.10 Å². The largest absolute Gasteiger partial charge is 0.454 e. The van der Waals surface area contributed by atoms with Crippen LogP contribution in [0.5, 0.6) is 11.5 Å². The molecule has 0 aliphatic carbocycles. The van der Waals surface area contributed by atoms with E-state index in [1.165, 1.54) is 0 Å². The monoisotopic (exact) mass is 232 g/mol. The molecule has 5 nitrogen and oxygen atoms in total. The van der Waals surface area contributed by atoms with Crippen molar-refractivity contribution in [3.8, 4) is 11.5 Å². The van der Waals surface area contributed by atoms with Crippen LogP contribution in [0.25, 0.3) is 0 Å². The topological polar surface area (TPSA) is 56.5 Å². The van der Waals surface area contributed by atoms with Crippen LogP contribution in [0.4, 0.5) is 0 Å². The number of hydrogen-bond donors (Lipinski definition) is 1. The van der Waals surface area contributed by atoms with Crippen LogP contribution in [0.3, 0.4) is 0 Å². The zero-order valence-corrected chi connectivity index (χ0v) is 9.33. The minimum atomic E-state index is -0.696. The van der Waals surface area contributed by atoms with E-state index in [1.54, 1.807) is 29.2 Å². The Balaban J connectivity index is 1.94. The summed E-state index contributed by atoms with van der Waals surface area (Å²) in [4.78, 5) is 0. The van der Waals surface area contributed by atoms with Gasteiger partial charge in [0.25, 0.3) is 0 Å². The Labute approximate surface area is 98.2 Å². The second-order valence-corrected chi connectivity index (χ2v) is 3.96. The molecule has 1 aromatic heterocycles. The molecule has 5 heteroatoms. The van der Waals surface area contributed by atoms with Gasteiger partial charge in [0, 0.05) is 18.8 Å². The van der Waals surface area contributed by atoms with Crippen molar-refractivity contribution in [1.29, 1.82) is 0 Å². The maximum absolute atomic E-state index is 10.2. The number of ether oxygens (including phenoxy) is 2. The molecule has 0 bridgehead atoms. The molecule has 1 N–H and O–H groups in total. The second-order valence-electron chi connectivity index (χ2n) is 3.96. The molecule has 17 heavy (non-hydrogen) atoms. The fourth-order valence-corrected chi connectivity index (χ4v) is 1.86. The zero-order valence-electron chi connectivity index (χ0n) is 9.33. The average Bonchev–Trinajstić information content (AvgIpc) is 2.95. The molecule has 2 heterocycles. The minimum Gasteiger partial charge on any atom is -0.454 e. The molecule has 88 valence electrons. The third-order valence-corrected chi connectivity index (χ3v) is 2.75. The first-order chi connectivity index (χ1) is 8.24. The molecular weight excluding hydrogens is 220 g/mol. The normalized spacial score (nSPS) is 14.9. The van der Waals surface area contributed by atoms with E-state index in [0.29, 0.717) is 11.5 Å². The SMILES string of the molecule is Cn1cc(C(O)c2ccc3c(c2)OCO3)cn1. The van der Waals surface area contributed by atoms with E-state index in [-0.39, 0.29) is 6.79 Å². The summed E-state index contributed by atoms with van der Waals surface area (Å²) in [6, 6.07) is 5.42. The summed E-state index contributed by atoms with van der Waals surface area (Å²) in [7, 11) is 1.82. The lowest BCUT2D eigenvalue weighted by molar-refractivity contribution is 0.173. The fourth-order valence-electron chi connectivity index (χ4n) is 1.86. The summed E-state index contributed by atoms with van der Waals surface area (Å²) >= 11 is 0. The van der Waals surface area contributed by atoms with Gasteiger partial charge in [-0.25, -0.2) is 0 Å². The van der Waals surface area contributed by atoms with Crippen LogP contribution in [0.2, 0.25) is 0 Å². The van der Waals surface area contributed by atoms with E-state index in [2.05, 4.69) is 5.10 Å². The molecule has 0 saturated carbocycles. The van der Waals surface area contributed by atoms with Crippen molar-refractivity contribution < 1.29 is 14.6 Å². The van der Waals surface area contributed by atoms with E-state index < -0.39 is 6.10 Å². The third-order valence-electron chi connectivity index (χ3n) is 2.75. The zero-order chi connectivity index (χ0) is 11.8. The average molecular weight is 232 g/mol. The van der Waals surface area contributed by atoms with Crippen LogP contribution in [-0.2, 0) is 7.05 Å². The Kier molecular flexibility index (Phi) is 2.26. The van der Waals surface area contributed by atoms with Gasteiger partial charge in [0.1, 0.15) is 6.10 Å². The van der Waals surface area contributed by atoms with Gasteiger partial charge in [-0.1, -0.05) is 6.07 Å². The summed E-state index contributed by atoms with van der Waals surface area (Å²) in [6.45, 7) is 0.238. The smallest absolute Gasteiger partial charge is 0.231 e. The van der Waals surface area contributed by atoms with E-state index >= 15 is 0 Å². The van der Waals surface area contributed by atoms with Gasteiger partial charge in [-0.05, 0) is 17.7 Å². The lowest BCUT2D eigenvalue weighted by Gasteiger charge is -2.09. The van der Waals surface area contributed by atoms with Gasteiger partial charge in [-0.2, -0.15) is 5.10 Å². The summed E-state index contributed by atoms with van der Waals surface area (Å²) in [6.07, 6.45) is 2.74.